The van der Waals surface area contributed by atoms with Gasteiger partial charge in [0.1, 0.15) is 0 Å². The van der Waals surface area contributed by atoms with E-state index in [1.165, 1.54) is 11.3 Å². The summed E-state index contributed by atoms with van der Waals surface area (Å²) in [6.07, 6.45) is 0. The van der Waals surface area contributed by atoms with Crippen molar-refractivity contribution in [3.05, 3.63) is 21.9 Å². The first-order chi connectivity index (χ1) is 8.44. The van der Waals surface area contributed by atoms with Crippen molar-refractivity contribution >= 4 is 27.3 Å². The molecule has 0 aliphatic rings. The largest absolute Gasteiger partial charge is 0.478 e. The third-order valence-electron chi connectivity index (χ3n) is 2.11. The van der Waals surface area contributed by atoms with Crippen molar-refractivity contribution in [3.63, 3.8) is 0 Å². The van der Waals surface area contributed by atoms with E-state index in [1.807, 2.05) is 0 Å². The molecule has 0 unspecified atom stereocenters. The maximum absolute atomic E-state index is 11.3. The van der Waals surface area contributed by atoms with Gasteiger partial charge in [0.2, 0.25) is 10.0 Å². The molecule has 0 saturated heterocycles. The number of sulfonamides is 1. The lowest BCUT2D eigenvalue weighted by Crippen LogP contribution is -2.31. The summed E-state index contributed by atoms with van der Waals surface area (Å²) in [5.74, 6) is -0.940. The number of carboxylic acids is 1. The molecule has 0 aliphatic carbocycles. The van der Waals surface area contributed by atoms with Crippen LogP contribution in [0.2, 0.25) is 0 Å². The molecule has 0 spiro atoms. The average Bonchev–Trinajstić information content (AvgIpc) is 2.73. The highest BCUT2D eigenvalue weighted by Crippen LogP contribution is 2.14. The van der Waals surface area contributed by atoms with Crippen LogP contribution >= 0.6 is 11.3 Å². The Hall–Kier alpha value is -0.960. The van der Waals surface area contributed by atoms with Crippen molar-refractivity contribution in [2.45, 2.75) is 13.5 Å². The molecule has 8 heteroatoms. The molecule has 1 heterocycles. The zero-order valence-corrected chi connectivity index (χ0v) is 11.6. The molecule has 0 bridgehead atoms. The van der Waals surface area contributed by atoms with Crippen molar-refractivity contribution < 1.29 is 18.3 Å². The zero-order valence-electron chi connectivity index (χ0n) is 9.97. The van der Waals surface area contributed by atoms with Gasteiger partial charge in [-0.05, 0) is 6.07 Å². The summed E-state index contributed by atoms with van der Waals surface area (Å²) in [5, 5.41) is 13.3. The van der Waals surface area contributed by atoms with Gasteiger partial charge in [-0.15, -0.1) is 11.3 Å². The van der Waals surface area contributed by atoms with E-state index in [0.29, 0.717) is 19.6 Å². The van der Waals surface area contributed by atoms with E-state index in [4.69, 9.17) is 5.11 Å². The first kappa shape index (κ1) is 15.1. The van der Waals surface area contributed by atoms with Crippen molar-refractivity contribution in [1.29, 1.82) is 0 Å². The fraction of sp³-hybridized carbons (Fsp3) is 0.500. The Morgan fingerprint density at radius 1 is 1.50 bits per heavy atom. The van der Waals surface area contributed by atoms with Crippen LogP contribution in [0.3, 0.4) is 0 Å². The molecule has 102 valence electrons. The second-order valence-electron chi connectivity index (χ2n) is 3.60. The number of carbonyl (C=O) groups is 1. The fourth-order valence-electron chi connectivity index (χ4n) is 1.30. The summed E-state index contributed by atoms with van der Waals surface area (Å²) in [5.41, 5.74) is 0.261. The molecule has 1 aromatic heterocycles. The van der Waals surface area contributed by atoms with E-state index in [0.717, 1.165) is 4.88 Å². The molecule has 6 nitrogen and oxygen atoms in total. The van der Waals surface area contributed by atoms with Gasteiger partial charge >= 0.3 is 5.97 Å². The normalized spacial score (nSPS) is 11.6. The molecule has 0 aliphatic heterocycles. The summed E-state index contributed by atoms with van der Waals surface area (Å²) in [4.78, 5) is 11.5. The van der Waals surface area contributed by atoms with Crippen molar-refractivity contribution in [3.8, 4) is 0 Å². The van der Waals surface area contributed by atoms with Crippen LogP contribution in [0.1, 0.15) is 22.2 Å². The molecule has 0 atom stereocenters. The highest BCUT2D eigenvalue weighted by molar-refractivity contribution is 7.89. The zero-order chi connectivity index (χ0) is 13.6. The van der Waals surface area contributed by atoms with Crippen LogP contribution in [0.4, 0.5) is 0 Å². The number of aromatic carboxylic acids is 1. The van der Waals surface area contributed by atoms with E-state index in [1.54, 1.807) is 18.4 Å². The van der Waals surface area contributed by atoms with Gasteiger partial charge in [0.05, 0.1) is 11.3 Å². The van der Waals surface area contributed by atoms with E-state index >= 15 is 0 Å². The molecule has 0 amide bonds. The van der Waals surface area contributed by atoms with Crippen LogP contribution in [-0.4, -0.2) is 38.3 Å². The van der Waals surface area contributed by atoms with Crippen LogP contribution in [0.15, 0.2) is 11.4 Å². The van der Waals surface area contributed by atoms with Crippen LogP contribution in [0, 0.1) is 0 Å². The standard InChI is InChI=1S/C10H16N2O4S2/c1-2-12-18(15,16)4-3-11-6-9-5-8(7-17-9)10(13)14/h5,7,11-12H,2-4,6H2,1H3,(H,13,14). The average molecular weight is 292 g/mol. The van der Waals surface area contributed by atoms with Crippen LogP contribution in [0.5, 0.6) is 0 Å². The quantitative estimate of drug-likeness (QED) is 0.606. The van der Waals surface area contributed by atoms with E-state index < -0.39 is 16.0 Å². The first-order valence-electron chi connectivity index (χ1n) is 5.43. The Labute approximate surface area is 110 Å². The van der Waals surface area contributed by atoms with Crippen molar-refractivity contribution in [2.24, 2.45) is 0 Å². The minimum atomic E-state index is -3.20. The Kier molecular flexibility index (Phi) is 5.73. The van der Waals surface area contributed by atoms with Crippen LogP contribution in [-0.2, 0) is 16.6 Å². The molecule has 0 fully saturated rings. The minimum absolute atomic E-state index is 0.0119. The number of carboxylic acid groups (broad SMARTS) is 1. The Morgan fingerprint density at radius 2 is 2.22 bits per heavy atom. The van der Waals surface area contributed by atoms with Gasteiger partial charge in [-0.1, -0.05) is 6.92 Å². The Morgan fingerprint density at radius 3 is 2.78 bits per heavy atom. The van der Waals surface area contributed by atoms with Gasteiger partial charge in [-0.3, -0.25) is 0 Å². The van der Waals surface area contributed by atoms with Gasteiger partial charge < -0.3 is 10.4 Å². The molecular formula is C10H16N2O4S2. The summed E-state index contributed by atoms with van der Waals surface area (Å²) in [6, 6.07) is 1.58. The van der Waals surface area contributed by atoms with Crippen LogP contribution in [0.25, 0.3) is 0 Å². The molecule has 0 radical (unpaired) electrons. The predicted octanol–water partition coefficient (Wildman–Crippen LogP) is 0.475. The lowest BCUT2D eigenvalue weighted by molar-refractivity contribution is 0.0697. The summed E-state index contributed by atoms with van der Waals surface area (Å²) in [6.45, 7) is 2.91. The smallest absolute Gasteiger partial charge is 0.336 e. The molecular weight excluding hydrogens is 276 g/mol. The minimum Gasteiger partial charge on any atom is -0.478 e. The van der Waals surface area contributed by atoms with E-state index in [-0.39, 0.29) is 11.3 Å². The van der Waals surface area contributed by atoms with Crippen molar-refractivity contribution in [2.75, 3.05) is 18.8 Å². The monoisotopic (exact) mass is 292 g/mol. The van der Waals surface area contributed by atoms with Crippen molar-refractivity contribution in [1.82, 2.24) is 10.0 Å². The highest BCUT2D eigenvalue weighted by Gasteiger charge is 2.08. The van der Waals surface area contributed by atoms with E-state index in [2.05, 4.69) is 10.0 Å². The van der Waals surface area contributed by atoms with Gasteiger partial charge in [-0.2, -0.15) is 0 Å². The van der Waals surface area contributed by atoms with Gasteiger partial charge in [0.25, 0.3) is 0 Å². The number of nitrogens with one attached hydrogen (secondary N) is 2. The van der Waals surface area contributed by atoms with Crippen LogP contribution < -0.4 is 10.0 Å². The van der Waals surface area contributed by atoms with Gasteiger partial charge in [0, 0.05) is 29.9 Å². The molecule has 0 saturated carbocycles. The third kappa shape index (κ3) is 5.13. The number of thiophene rings is 1. The highest BCUT2D eigenvalue weighted by atomic mass is 32.2. The summed E-state index contributed by atoms with van der Waals surface area (Å²) < 4.78 is 25.0. The maximum Gasteiger partial charge on any atom is 0.336 e. The maximum atomic E-state index is 11.3. The third-order valence-corrected chi connectivity index (χ3v) is 4.52. The molecule has 3 N–H and O–H groups in total. The molecule has 1 rings (SSSR count). The number of hydrogen-bond donors (Lipinski definition) is 3. The second-order valence-corrected chi connectivity index (χ2v) is 6.52. The van der Waals surface area contributed by atoms with Gasteiger partial charge in [-0.25, -0.2) is 17.9 Å². The number of rotatable bonds is 8. The van der Waals surface area contributed by atoms with Gasteiger partial charge in [0.15, 0.2) is 0 Å². The Bertz CT molecular complexity index is 496. The topological polar surface area (TPSA) is 95.5 Å². The summed E-state index contributed by atoms with van der Waals surface area (Å²) >= 11 is 1.34. The molecule has 0 aromatic carbocycles. The van der Waals surface area contributed by atoms with E-state index in [9.17, 15) is 13.2 Å². The molecule has 18 heavy (non-hydrogen) atoms. The number of hydrogen-bond acceptors (Lipinski definition) is 5. The predicted molar refractivity (Wildman–Crippen MR) is 70.4 cm³/mol. The first-order valence-corrected chi connectivity index (χ1v) is 7.96. The second kappa shape index (κ2) is 6.83. The SMILES string of the molecule is CCNS(=O)(=O)CCNCc1cc(C(=O)O)cs1. The lowest BCUT2D eigenvalue weighted by atomic mass is 10.3. The Balaban J connectivity index is 2.31. The lowest BCUT2D eigenvalue weighted by Gasteiger charge is -2.05. The fourth-order valence-corrected chi connectivity index (χ4v) is 3.12. The summed E-state index contributed by atoms with van der Waals surface area (Å²) in [7, 11) is -3.20. The molecule has 1 aromatic rings.